The van der Waals surface area contributed by atoms with Crippen molar-refractivity contribution in [2.24, 2.45) is 4.99 Å². The molecule has 1 fully saturated rings. The molecule has 6 heteroatoms. The summed E-state index contributed by atoms with van der Waals surface area (Å²) >= 11 is 12.5. The monoisotopic (exact) mass is 406 g/mol. The van der Waals surface area contributed by atoms with Crippen molar-refractivity contribution in [3.8, 4) is 0 Å². The lowest BCUT2D eigenvalue weighted by molar-refractivity contribution is -0.223. The zero-order valence-electron chi connectivity index (χ0n) is 15.8. The van der Waals surface area contributed by atoms with Gasteiger partial charge in [-0.1, -0.05) is 35.3 Å². The third-order valence-electron chi connectivity index (χ3n) is 4.78. The van der Waals surface area contributed by atoms with Gasteiger partial charge >= 0.3 is 0 Å². The number of hydrogen-bond donors (Lipinski definition) is 0. The molecule has 0 amide bonds. The molecule has 0 unspecified atom stereocenters. The summed E-state index contributed by atoms with van der Waals surface area (Å²) in [5.74, 6) is 0. The van der Waals surface area contributed by atoms with Gasteiger partial charge in [-0.3, -0.25) is 0 Å². The largest absolute Gasteiger partial charge is 0.375 e. The van der Waals surface area contributed by atoms with Crippen LogP contribution in [-0.4, -0.2) is 38.0 Å². The fourth-order valence-corrected chi connectivity index (χ4v) is 3.24. The number of aryl methyl sites for hydroxylation is 1. The summed E-state index contributed by atoms with van der Waals surface area (Å²) in [6.45, 7) is 6.52. The normalized spacial score (nSPS) is 15.7. The number of nitrogens with zero attached hydrogens (tertiary/aromatic N) is 2. The number of aliphatic imine (C=N–C) groups is 1. The van der Waals surface area contributed by atoms with E-state index in [9.17, 15) is 0 Å². The molecule has 0 radical (unpaired) electrons. The van der Waals surface area contributed by atoms with Crippen molar-refractivity contribution in [3.63, 3.8) is 0 Å². The van der Waals surface area contributed by atoms with Gasteiger partial charge in [0.1, 0.15) is 5.60 Å². The highest BCUT2D eigenvalue weighted by Gasteiger charge is 2.43. The van der Waals surface area contributed by atoms with Crippen LogP contribution >= 0.6 is 23.2 Å². The zero-order chi connectivity index (χ0) is 19.4. The second-order valence-electron chi connectivity index (χ2n) is 6.84. The van der Waals surface area contributed by atoms with Gasteiger partial charge < -0.3 is 14.4 Å². The predicted molar refractivity (Wildman–Crippen MR) is 111 cm³/mol. The van der Waals surface area contributed by atoms with Crippen LogP contribution < -0.4 is 0 Å². The smallest absolute Gasteiger partial charge is 0.140 e. The highest BCUT2D eigenvalue weighted by atomic mass is 35.5. The van der Waals surface area contributed by atoms with Crippen LogP contribution in [0.1, 0.15) is 23.6 Å². The Hall–Kier alpha value is -1.59. The molecular formula is C21H24Cl2N2O2. The maximum absolute atomic E-state index is 6.51. The lowest BCUT2D eigenvalue weighted by Gasteiger charge is -2.42. The minimum atomic E-state index is -0.476. The van der Waals surface area contributed by atoms with Crippen molar-refractivity contribution in [3.05, 3.63) is 63.1 Å². The van der Waals surface area contributed by atoms with E-state index in [4.69, 9.17) is 32.7 Å². The average molecular weight is 407 g/mol. The quantitative estimate of drug-likeness (QED) is 0.458. The Balaban J connectivity index is 1.81. The predicted octanol–water partition coefficient (Wildman–Crippen LogP) is 5.36. The summed E-state index contributed by atoms with van der Waals surface area (Å²) in [6, 6.07) is 11.6. The average Bonchev–Trinajstić information content (AvgIpc) is 2.63. The van der Waals surface area contributed by atoms with Crippen molar-refractivity contribution in [2.45, 2.75) is 26.1 Å². The first-order valence-electron chi connectivity index (χ1n) is 8.95. The molecule has 2 aromatic rings. The zero-order valence-corrected chi connectivity index (χ0v) is 17.3. The van der Waals surface area contributed by atoms with Crippen molar-refractivity contribution < 1.29 is 9.47 Å². The van der Waals surface area contributed by atoms with Crippen molar-refractivity contribution in [1.29, 1.82) is 0 Å². The van der Waals surface area contributed by atoms with Gasteiger partial charge in [0.2, 0.25) is 0 Å². The second kappa shape index (κ2) is 8.61. The molecule has 4 nitrogen and oxygen atoms in total. The molecule has 2 aromatic carbocycles. The number of halogens is 2. The first-order valence-corrected chi connectivity index (χ1v) is 9.70. The van der Waals surface area contributed by atoms with E-state index in [2.05, 4.69) is 18.8 Å². The molecule has 144 valence electrons. The minimum absolute atomic E-state index is 0.476. The van der Waals surface area contributed by atoms with E-state index in [1.54, 1.807) is 6.34 Å². The van der Waals surface area contributed by atoms with E-state index in [1.807, 2.05) is 48.3 Å². The van der Waals surface area contributed by atoms with E-state index >= 15 is 0 Å². The van der Waals surface area contributed by atoms with Gasteiger partial charge in [0.25, 0.3) is 0 Å². The van der Waals surface area contributed by atoms with Crippen LogP contribution in [0.3, 0.4) is 0 Å². The Labute approximate surface area is 170 Å². The fourth-order valence-electron chi connectivity index (χ4n) is 2.90. The summed E-state index contributed by atoms with van der Waals surface area (Å²) < 4.78 is 11.8. The van der Waals surface area contributed by atoms with Gasteiger partial charge in [0.05, 0.1) is 36.9 Å². The van der Waals surface area contributed by atoms with E-state index in [0.29, 0.717) is 29.9 Å². The van der Waals surface area contributed by atoms with Crippen LogP contribution in [0.15, 0.2) is 41.4 Å². The molecule has 1 saturated heterocycles. The third-order valence-corrected chi connectivity index (χ3v) is 5.33. The van der Waals surface area contributed by atoms with Crippen LogP contribution in [0.2, 0.25) is 10.0 Å². The molecule has 0 saturated carbocycles. The topological polar surface area (TPSA) is 34.1 Å². The van der Waals surface area contributed by atoms with E-state index in [0.717, 1.165) is 28.9 Å². The van der Waals surface area contributed by atoms with Gasteiger partial charge in [-0.25, -0.2) is 4.99 Å². The van der Waals surface area contributed by atoms with Crippen molar-refractivity contribution in [1.82, 2.24) is 4.90 Å². The molecule has 0 atom stereocenters. The maximum Gasteiger partial charge on any atom is 0.140 e. The molecular weight excluding hydrogens is 383 g/mol. The van der Waals surface area contributed by atoms with Crippen molar-refractivity contribution in [2.75, 3.05) is 26.8 Å². The van der Waals surface area contributed by atoms with Gasteiger partial charge in [0, 0.05) is 18.6 Å². The van der Waals surface area contributed by atoms with Gasteiger partial charge in [-0.05, 0) is 54.8 Å². The molecule has 27 heavy (non-hydrogen) atoms. The Bertz CT molecular complexity index is 818. The third kappa shape index (κ3) is 4.64. The molecule has 0 aromatic heterocycles. The Morgan fingerprint density at radius 3 is 2.52 bits per heavy atom. The van der Waals surface area contributed by atoms with Gasteiger partial charge in [0.15, 0.2) is 0 Å². The van der Waals surface area contributed by atoms with Crippen molar-refractivity contribution >= 4 is 35.2 Å². The fraction of sp³-hybridized carbons (Fsp3) is 0.381. The van der Waals surface area contributed by atoms with Crippen LogP contribution in [0, 0.1) is 6.92 Å². The van der Waals surface area contributed by atoms with E-state index < -0.39 is 5.60 Å². The maximum atomic E-state index is 6.51. The van der Waals surface area contributed by atoms with Crippen LogP contribution in [0.5, 0.6) is 0 Å². The molecule has 1 heterocycles. The lowest BCUT2D eigenvalue weighted by atomic mass is 9.88. The van der Waals surface area contributed by atoms with Crippen LogP contribution in [0.4, 0.5) is 5.69 Å². The van der Waals surface area contributed by atoms with Crippen LogP contribution in [0.25, 0.3) is 0 Å². The standard InChI is InChI=1S/C21H24Cl2N2O2/c1-4-25(3)14-24-20-9-15(2)18(10-19(20)23)21(12-26-13-21)27-11-16-5-7-17(22)8-6-16/h5-10,14H,4,11-13H2,1-3H3. The Morgan fingerprint density at radius 1 is 1.22 bits per heavy atom. The number of rotatable bonds is 7. The number of ether oxygens (including phenoxy) is 2. The van der Waals surface area contributed by atoms with Crippen LogP contribution in [-0.2, 0) is 21.7 Å². The SMILES string of the molecule is CCN(C)C=Nc1cc(C)c(C2(OCc3ccc(Cl)cc3)COC2)cc1Cl. The Morgan fingerprint density at radius 2 is 1.93 bits per heavy atom. The molecule has 1 aliphatic rings. The summed E-state index contributed by atoms with van der Waals surface area (Å²) in [7, 11) is 1.98. The summed E-state index contributed by atoms with van der Waals surface area (Å²) in [4.78, 5) is 6.49. The number of benzene rings is 2. The van der Waals surface area contributed by atoms with E-state index in [-0.39, 0.29) is 0 Å². The van der Waals surface area contributed by atoms with Gasteiger partial charge in [-0.2, -0.15) is 0 Å². The first-order chi connectivity index (χ1) is 12.9. The first kappa shape index (κ1) is 20.2. The number of hydrogen-bond acceptors (Lipinski definition) is 3. The Kier molecular flexibility index (Phi) is 6.43. The lowest BCUT2D eigenvalue weighted by Crippen LogP contribution is -2.49. The molecule has 0 aliphatic carbocycles. The van der Waals surface area contributed by atoms with E-state index in [1.165, 1.54) is 0 Å². The van der Waals surface area contributed by atoms with Gasteiger partial charge in [-0.15, -0.1) is 0 Å². The molecule has 0 spiro atoms. The summed E-state index contributed by atoms with van der Waals surface area (Å²) in [5, 5.41) is 1.32. The molecule has 1 aliphatic heterocycles. The molecule has 0 N–H and O–H groups in total. The minimum Gasteiger partial charge on any atom is -0.375 e. The summed E-state index contributed by atoms with van der Waals surface area (Å²) in [5.41, 5.74) is 3.49. The highest BCUT2D eigenvalue weighted by molar-refractivity contribution is 6.33. The molecule has 3 rings (SSSR count). The summed E-state index contributed by atoms with van der Waals surface area (Å²) in [6.07, 6.45) is 1.79. The highest BCUT2D eigenvalue weighted by Crippen LogP contribution is 2.40. The second-order valence-corrected chi connectivity index (χ2v) is 7.68. The molecule has 0 bridgehead atoms.